The lowest BCUT2D eigenvalue weighted by molar-refractivity contribution is -0.368. The Bertz CT molecular complexity index is 3610. The van der Waals surface area contributed by atoms with Crippen molar-refractivity contribution in [2.24, 2.45) is 61.6 Å². The van der Waals surface area contributed by atoms with E-state index >= 15 is 0 Å². The van der Waals surface area contributed by atoms with Crippen LogP contribution in [0.1, 0.15) is 164 Å². The zero-order chi connectivity index (χ0) is 84.6. The fourth-order valence-corrected chi connectivity index (χ4v) is 11.5. The maximum atomic E-state index is 14.6. The molecule has 0 fully saturated rings. The highest BCUT2D eigenvalue weighted by Crippen LogP contribution is 2.21. The standard InChI is InChI=1S/C72H121N23O17/c1-12-40(8)59(70(112)90-50(32-37(2)3)66(108)86-45(60(76)102)25-27-53(74)97)94-64(106)48(23-16-18-31-81-72(79)95(10)11)87-63(105)47(24-19-29-73)85-55(99)36-83-61(103)52(34-54(75)98)91-69(111)58(39(6)7)92-65(107)49(26-28-56(100)101)88-68(110)57(38(4)5)93-67(109)51(33-42-35-82-44-21-14-13-20-43(42)44)89-62(104)46(84-41(9)96)22-15-17-30-80-71(77)78/h13-14,20-21,35,37-40,45-52,57-59,82H,12,15-19,22-34,36,73H2,1-11H3,(H2,74,97)(H2,75,98)(H2,76,102)(H2,79,81)(H,83,103)(H,84,96)(H,85,99)(H,86,108)(H,87,105)(H,88,110)(H,89,104)(H,90,112)(H,91,111)(H,92,107)(H,93,109)(H,94,106)(H,100,101)(H4,77,78,80)/p+2/t40-,45-,46-,47-,48-,49-,50-,51-,52-,57-,58-,59-/m0/s1. The molecule has 2 rings (SSSR count). The van der Waals surface area contributed by atoms with E-state index in [1.807, 2.05) is 0 Å². The highest BCUT2D eigenvalue weighted by atomic mass is 16.4. The van der Waals surface area contributed by atoms with E-state index in [-0.39, 0.29) is 95.3 Å². The third kappa shape index (κ3) is 36.3. The molecular weight excluding hydrogens is 1460 g/mol. The highest BCUT2D eigenvalue weighted by Gasteiger charge is 2.39. The number of carboxylic acids is 1. The monoisotopic (exact) mass is 1580 g/mol. The number of hydrogen-bond acceptors (Lipinski definition) is 19. The zero-order valence-corrected chi connectivity index (χ0v) is 66.4. The first-order valence-corrected chi connectivity index (χ1v) is 37.7. The third-order valence-corrected chi connectivity index (χ3v) is 18.0. The van der Waals surface area contributed by atoms with Gasteiger partial charge in [0, 0.05) is 57.1 Å². The van der Waals surface area contributed by atoms with Crippen molar-refractivity contribution in [2.45, 2.75) is 232 Å². The molecule has 2 aromatic rings. The summed E-state index contributed by atoms with van der Waals surface area (Å²) in [6.07, 6.45) is 1.29. The van der Waals surface area contributed by atoms with Gasteiger partial charge in [-0.2, -0.15) is 0 Å². The number of benzene rings is 1. The van der Waals surface area contributed by atoms with Gasteiger partial charge in [0.15, 0.2) is 11.9 Å². The molecule has 0 aliphatic carbocycles. The summed E-state index contributed by atoms with van der Waals surface area (Å²) in [4.78, 5) is 222. The van der Waals surface area contributed by atoms with Crippen molar-refractivity contribution < 1.29 is 99.3 Å². The van der Waals surface area contributed by atoms with Crippen molar-refractivity contribution in [3.63, 3.8) is 0 Å². The molecule has 0 aliphatic rings. The maximum absolute atomic E-state index is 14.6. The van der Waals surface area contributed by atoms with E-state index in [4.69, 9.17) is 22.9 Å². The molecule has 0 unspecified atom stereocenters. The van der Waals surface area contributed by atoms with E-state index in [9.17, 15) is 82.1 Å². The van der Waals surface area contributed by atoms with Crippen LogP contribution in [0.5, 0.6) is 0 Å². The second-order valence-corrected chi connectivity index (χ2v) is 29.0. The summed E-state index contributed by atoms with van der Waals surface area (Å²) in [7, 11) is 3.39. The number of fused-ring (bicyclic) bond motifs is 1. The molecule has 12 atom stereocenters. The van der Waals surface area contributed by atoms with Crippen LogP contribution in [-0.4, -0.2) is 228 Å². The first-order chi connectivity index (χ1) is 52.6. The van der Waals surface area contributed by atoms with Crippen LogP contribution in [0, 0.1) is 23.7 Å². The zero-order valence-electron chi connectivity index (χ0n) is 66.4. The van der Waals surface area contributed by atoms with E-state index in [0.717, 1.165) is 0 Å². The summed E-state index contributed by atoms with van der Waals surface area (Å²) in [5.74, 6) is -16.6. The van der Waals surface area contributed by atoms with Crippen molar-refractivity contribution in [2.75, 3.05) is 40.3 Å². The summed E-state index contributed by atoms with van der Waals surface area (Å²) in [5.41, 5.74) is 34.2. The number of nitrogens with one attached hydrogen (secondary N) is 12. The molecule has 40 nitrogen and oxygen atoms in total. The van der Waals surface area contributed by atoms with Gasteiger partial charge in [-0.15, -0.1) is 0 Å². The number of amides is 14. The van der Waals surface area contributed by atoms with Gasteiger partial charge >= 0.3 is 17.8 Å². The number of para-hydroxylation sites is 1. The number of carbonyl (C=O) groups is 15. The Balaban J connectivity index is 2.46. The van der Waals surface area contributed by atoms with Gasteiger partial charge in [0.05, 0.1) is 25.9 Å². The number of quaternary nitrogens is 3. The molecule has 0 spiro atoms. The number of rotatable bonds is 53. The molecule has 0 radical (unpaired) electrons. The summed E-state index contributed by atoms with van der Waals surface area (Å²) >= 11 is 0. The van der Waals surface area contributed by atoms with Crippen LogP contribution in [0.25, 0.3) is 10.9 Å². The molecule has 30 N–H and O–H groups in total. The van der Waals surface area contributed by atoms with Crippen LogP contribution < -0.4 is 104 Å². The Morgan fingerprint density at radius 1 is 0.545 bits per heavy atom. The Morgan fingerprint density at radius 3 is 1.56 bits per heavy atom. The van der Waals surface area contributed by atoms with E-state index in [2.05, 4.69) is 95.6 Å². The number of H-pyrrole nitrogens is 1. The number of guanidine groups is 2. The second-order valence-electron chi connectivity index (χ2n) is 29.0. The van der Waals surface area contributed by atoms with Gasteiger partial charge < -0.3 is 107 Å². The van der Waals surface area contributed by atoms with Crippen LogP contribution in [0.4, 0.5) is 0 Å². The summed E-state index contributed by atoms with van der Waals surface area (Å²) < 4.78 is 0. The van der Waals surface area contributed by atoms with Crippen molar-refractivity contribution >= 4 is 117 Å². The minimum absolute atomic E-state index is 0.0312. The van der Waals surface area contributed by atoms with Gasteiger partial charge in [-0.05, 0) is 119 Å². The summed E-state index contributed by atoms with van der Waals surface area (Å²) in [6, 6.07) is -8.56. The quantitative estimate of drug-likeness (QED) is 0.0166. The molecule has 0 saturated heterocycles. The van der Waals surface area contributed by atoms with Gasteiger partial charge in [-0.1, -0.05) is 80.0 Å². The van der Waals surface area contributed by atoms with Gasteiger partial charge in [-0.3, -0.25) is 88.8 Å². The van der Waals surface area contributed by atoms with Crippen molar-refractivity contribution in [1.29, 1.82) is 0 Å². The summed E-state index contributed by atoms with van der Waals surface area (Å²) in [5, 5.41) is 51.1. The molecule has 40 heteroatoms. The molecule has 0 aliphatic heterocycles. The number of hydrogen-bond donors (Lipinski definition) is 20. The number of primary amides is 1. The molecule has 1 heterocycles. The highest BCUT2D eigenvalue weighted by molar-refractivity contribution is 6.00. The average Bonchev–Trinajstić information content (AvgIpc) is 1.62. The predicted molar refractivity (Wildman–Crippen MR) is 411 cm³/mol. The van der Waals surface area contributed by atoms with Crippen LogP contribution in [0.2, 0.25) is 0 Å². The molecule has 1 aromatic heterocycles. The Hall–Kier alpha value is -10.9. The van der Waals surface area contributed by atoms with Crippen molar-refractivity contribution in [3.05, 3.63) is 36.0 Å². The fourth-order valence-electron chi connectivity index (χ4n) is 11.5. The minimum Gasteiger partial charge on any atom is -0.862 e. The Labute approximate surface area is 652 Å². The van der Waals surface area contributed by atoms with Crippen molar-refractivity contribution in [1.82, 2.24) is 68.4 Å². The molecule has 0 bridgehead atoms. The molecule has 626 valence electrons. The molecule has 112 heavy (non-hydrogen) atoms. The Kier molecular flexibility index (Phi) is 43.5. The van der Waals surface area contributed by atoms with Crippen LogP contribution >= 0.6 is 0 Å². The lowest BCUT2D eigenvalue weighted by Gasteiger charge is -2.30. The van der Waals surface area contributed by atoms with E-state index in [1.54, 1.807) is 91.0 Å². The van der Waals surface area contributed by atoms with E-state index in [1.165, 1.54) is 20.8 Å². The molecule has 0 saturated carbocycles. The van der Waals surface area contributed by atoms with Crippen LogP contribution in [0.15, 0.2) is 45.4 Å². The number of nitrogens with zero attached hydrogens (tertiary/aromatic N) is 4. The number of aliphatic imine (C=N–C) groups is 3. The number of aromatic nitrogens is 1. The largest absolute Gasteiger partial charge is 0.862 e. The smallest absolute Gasteiger partial charge is 0.311 e. The molecular formula is C72H123N23O17+2. The van der Waals surface area contributed by atoms with E-state index in [0.29, 0.717) is 42.1 Å². The number of aromatic amines is 1. The molecule has 14 amide bonds. The van der Waals surface area contributed by atoms with Gasteiger partial charge in [0.25, 0.3) is 0 Å². The van der Waals surface area contributed by atoms with Crippen LogP contribution in [-0.2, 0) is 78.3 Å². The number of nitrogens with two attached hydrogens (primary N) is 4. The average molecular weight is 1580 g/mol. The lowest BCUT2D eigenvalue weighted by atomic mass is 9.96. The Morgan fingerprint density at radius 2 is 1.03 bits per heavy atom. The van der Waals surface area contributed by atoms with Crippen LogP contribution in [0.3, 0.4) is 0 Å². The predicted octanol–water partition coefficient (Wildman–Crippen LogP) is -7.20. The summed E-state index contributed by atoms with van der Waals surface area (Å²) in [6.45, 7) is 14.2. The van der Waals surface area contributed by atoms with Gasteiger partial charge in [0.2, 0.25) is 70.9 Å². The topological polar surface area (TPSA) is 675 Å². The maximum Gasteiger partial charge on any atom is 0.311 e. The number of aliphatic carboxylic acids is 1. The molecule has 1 aromatic carbocycles. The number of unbranched alkanes of at least 4 members (excludes halogenated alkanes) is 2. The number of carboxylic acid groups (broad SMARTS) is 1. The normalized spacial score (nSPS) is 14.8. The second kappa shape index (κ2) is 50.1. The van der Waals surface area contributed by atoms with E-state index < -0.39 is 205 Å². The lowest BCUT2D eigenvalue weighted by Crippen LogP contribution is -2.63. The SMILES string of the molecule is CC[C@H](C)[C@H](NC(=O)[C@H](CCCCN=C(N)N(C)C)NC(=O)[C@H](CCC[NH3+])NC(=O)CNC(=O)[C@H](CC([NH3+])=O)NC(=O)[C@@H](NC(=O)[C@H](CCC(=O)O)NC(=O)[C@@H](NC(=O)[C@H](Cc1c[nH]c2ccccc12)NC(=O)[C@H](CCCCN=C(N)N)N=C(C)[O-])C(C)C)C(C)C)C(=O)N[C@@H](CC(C)C)C(=O)N[C@@H](CCC([NH3+])=O)C(N)=O. The fraction of sp³-hybridized carbons (Fsp3) is 0.639. The third-order valence-electron chi connectivity index (χ3n) is 18.0. The number of carbonyl (C=O) groups excluding carboxylic acids is 14. The first kappa shape index (κ1) is 97.2. The van der Waals surface area contributed by atoms with Crippen molar-refractivity contribution in [3.8, 4) is 0 Å². The minimum atomic E-state index is -1.76. The van der Waals surface area contributed by atoms with Gasteiger partial charge in [0.1, 0.15) is 66.5 Å². The van der Waals surface area contributed by atoms with Gasteiger partial charge in [-0.25, -0.2) is 9.59 Å². The first-order valence-electron chi connectivity index (χ1n) is 37.7.